The van der Waals surface area contributed by atoms with Crippen LogP contribution in [0.3, 0.4) is 0 Å². The predicted molar refractivity (Wildman–Crippen MR) is 75.6 cm³/mol. The number of aromatic hydroxyl groups is 1. The van der Waals surface area contributed by atoms with Crippen LogP contribution in [0.15, 0.2) is 30.5 Å². The smallest absolute Gasteiger partial charge is 0.243 e. The van der Waals surface area contributed by atoms with Gasteiger partial charge in [0.25, 0.3) is 0 Å². The van der Waals surface area contributed by atoms with Crippen LogP contribution in [0.4, 0.5) is 5.69 Å². The van der Waals surface area contributed by atoms with Crippen LogP contribution in [0.2, 0.25) is 0 Å². The molecule has 1 aromatic carbocycles. The average molecular weight is 280 g/mol. The highest BCUT2D eigenvalue weighted by Crippen LogP contribution is 2.30. The maximum absolute atomic E-state index is 12.0. The molecule has 6 heteroatoms. The molecular weight excluding hydrogens is 266 g/mol. The molecule has 1 fully saturated rings. The zero-order valence-electron chi connectivity index (χ0n) is 10.1. The van der Waals surface area contributed by atoms with Gasteiger partial charge in [0.2, 0.25) is 5.91 Å². The lowest BCUT2D eigenvalue weighted by molar-refractivity contribution is -0.118. The van der Waals surface area contributed by atoms with Crippen LogP contribution >= 0.6 is 12.4 Å². The fourth-order valence-electron chi connectivity index (χ4n) is 2.30. The van der Waals surface area contributed by atoms with E-state index >= 15 is 0 Å². The standard InChI is InChI=1S/C13H13N3O2.ClH/c14-10-4-5-16(13(10)18)12-3-1-2-11-9(12)6-8(17)7-15-11;/h1-3,6-7,10,17H,4-5,14H2;1H/t10-;/m0./s1. The van der Waals surface area contributed by atoms with Gasteiger partial charge in [-0.25, -0.2) is 0 Å². The molecule has 5 nitrogen and oxygen atoms in total. The number of halogens is 1. The second kappa shape index (κ2) is 5.03. The lowest BCUT2D eigenvalue weighted by Crippen LogP contribution is -2.34. The van der Waals surface area contributed by atoms with Gasteiger partial charge in [-0.05, 0) is 24.6 Å². The van der Waals surface area contributed by atoms with Crippen molar-refractivity contribution in [1.82, 2.24) is 4.98 Å². The Bertz CT molecular complexity index is 632. The summed E-state index contributed by atoms with van der Waals surface area (Å²) in [5, 5.41) is 10.3. The van der Waals surface area contributed by atoms with E-state index in [-0.39, 0.29) is 24.1 Å². The highest BCUT2D eigenvalue weighted by atomic mass is 35.5. The molecule has 0 bridgehead atoms. The Morgan fingerprint density at radius 3 is 2.89 bits per heavy atom. The van der Waals surface area contributed by atoms with Crippen molar-refractivity contribution in [3.63, 3.8) is 0 Å². The number of fused-ring (bicyclic) bond motifs is 1. The molecule has 1 atom stereocenters. The Balaban J connectivity index is 0.00000133. The number of benzene rings is 1. The monoisotopic (exact) mass is 279 g/mol. The summed E-state index contributed by atoms with van der Waals surface area (Å²) >= 11 is 0. The molecule has 100 valence electrons. The molecule has 0 unspecified atom stereocenters. The van der Waals surface area contributed by atoms with E-state index < -0.39 is 6.04 Å². The van der Waals surface area contributed by atoms with E-state index in [1.54, 1.807) is 11.0 Å². The molecule has 1 aliphatic rings. The molecule has 1 aromatic heterocycles. The van der Waals surface area contributed by atoms with Crippen LogP contribution < -0.4 is 10.6 Å². The first-order valence-corrected chi connectivity index (χ1v) is 5.81. The summed E-state index contributed by atoms with van der Waals surface area (Å²) < 4.78 is 0. The first-order valence-electron chi connectivity index (χ1n) is 5.81. The molecule has 3 rings (SSSR count). The first kappa shape index (κ1) is 13.6. The number of carbonyl (C=O) groups excluding carboxylic acids is 1. The summed E-state index contributed by atoms with van der Waals surface area (Å²) in [6.07, 6.45) is 2.05. The summed E-state index contributed by atoms with van der Waals surface area (Å²) in [6.45, 7) is 0.606. The number of rotatable bonds is 1. The summed E-state index contributed by atoms with van der Waals surface area (Å²) in [5.41, 5.74) is 7.23. The highest BCUT2D eigenvalue weighted by Gasteiger charge is 2.30. The van der Waals surface area contributed by atoms with Gasteiger partial charge in [-0.3, -0.25) is 9.78 Å². The van der Waals surface area contributed by atoms with Gasteiger partial charge in [0.1, 0.15) is 5.75 Å². The molecule has 1 saturated heterocycles. The number of carbonyl (C=O) groups is 1. The number of aromatic nitrogens is 1. The van der Waals surface area contributed by atoms with Crippen molar-refractivity contribution in [3.8, 4) is 5.75 Å². The minimum Gasteiger partial charge on any atom is -0.506 e. The normalized spacial score (nSPS) is 18.7. The minimum atomic E-state index is -0.425. The molecule has 3 N–H and O–H groups in total. The second-order valence-corrected chi connectivity index (χ2v) is 4.42. The Morgan fingerprint density at radius 1 is 1.42 bits per heavy atom. The molecular formula is C13H14ClN3O2. The van der Waals surface area contributed by atoms with E-state index in [1.165, 1.54) is 6.20 Å². The van der Waals surface area contributed by atoms with Crippen molar-refractivity contribution < 1.29 is 9.90 Å². The third kappa shape index (κ3) is 2.22. The number of nitrogens with zero attached hydrogens (tertiary/aromatic N) is 2. The summed E-state index contributed by atoms with van der Waals surface area (Å²) in [7, 11) is 0. The Kier molecular flexibility index (Phi) is 3.59. The number of hydrogen-bond acceptors (Lipinski definition) is 4. The van der Waals surface area contributed by atoms with E-state index in [0.29, 0.717) is 13.0 Å². The van der Waals surface area contributed by atoms with E-state index in [4.69, 9.17) is 5.73 Å². The second-order valence-electron chi connectivity index (χ2n) is 4.42. The van der Waals surface area contributed by atoms with Crippen LogP contribution in [0.1, 0.15) is 6.42 Å². The number of pyridine rings is 1. The molecule has 19 heavy (non-hydrogen) atoms. The van der Waals surface area contributed by atoms with E-state index in [2.05, 4.69) is 4.98 Å². The molecule has 0 radical (unpaired) electrons. The first-order chi connectivity index (χ1) is 8.66. The number of anilines is 1. The molecule has 0 spiro atoms. The van der Waals surface area contributed by atoms with Crippen LogP contribution in [0, 0.1) is 0 Å². The highest BCUT2D eigenvalue weighted by molar-refractivity contribution is 6.06. The molecule has 1 amide bonds. The van der Waals surface area contributed by atoms with Crippen molar-refractivity contribution in [2.75, 3.05) is 11.4 Å². The van der Waals surface area contributed by atoms with Crippen molar-refractivity contribution in [2.24, 2.45) is 5.73 Å². The van der Waals surface area contributed by atoms with Gasteiger partial charge in [0, 0.05) is 11.9 Å². The van der Waals surface area contributed by atoms with Gasteiger partial charge >= 0.3 is 0 Å². The third-order valence-corrected chi connectivity index (χ3v) is 3.23. The van der Waals surface area contributed by atoms with E-state index in [9.17, 15) is 9.90 Å². The van der Waals surface area contributed by atoms with Crippen LogP contribution in [-0.2, 0) is 4.79 Å². The zero-order valence-corrected chi connectivity index (χ0v) is 10.9. The lowest BCUT2D eigenvalue weighted by Gasteiger charge is -2.18. The molecule has 2 aromatic rings. The van der Waals surface area contributed by atoms with Crippen LogP contribution in [-0.4, -0.2) is 28.6 Å². The molecule has 0 saturated carbocycles. The van der Waals surface area contributed by atoms with Crippen molar-refractivity contribution in [3.05, 3.63) is 30.5 Å². The van der Waals surface area contributed by atoms with Gasteiger partial charge < -0.3 is 15.7 Å². The fourth-order valence-corrected chi connectivity index (χ4v) is 2.30. The quantitative estimate of drug-likeness (QED) is 0.827. The molecule has 2 heterocycles. The van der Waals surface area contributed by atoms with Gasteiger partial charge in [0.15, 0.2) is 0 Å². The Morgan fingerprint density at radius 2 is 2.21 bits per heavy atom. The zero-order chi connectivity index (χ0) is 12.7. The molecule has 0 aliphatic carbocycles. The third-order valence-electron chi connectivity index (χ3n) is 3.23. The van der Waals surface area contributed by atoms with Gasteiger partial charge in [-0.1, -0.05) is 6.07 Å². The van der Waals surface area contributed by atoms with Crippen molar-refractivity contribution in [1.29, 1.82) is 0 Å². The summed E-state index contributed by atoms with van der Waals surface area (Å²) in [6, 6.07) is 6.73. The van der Waals surface area contributed by atoms with E-state index in [0.717, 1.165) is 16.6 Å². The summed E-state index contributed by atoms with van der Waals surface area (Å²) in [4.78, 5) is 17.8. The fraction of sp³-hybridized carbons (Fsp3) is 0.231. The Hall–Kier alpha value is -1.85. The average Bonchev–Trinajstić information content (AvgIpc) is 2.69. The number of amides is 1. The van der Waals surface area contributed by atoms with Gasteiger partial charge in [-0.15, -0.1) is 12.4 Å². The minimum absolute atomic E-state index is 0. The van der Waals surface area contributed by atoms with Crippen LogP contribution in [0.5, 0.6) is 5.75 Å². The van der Waals surface area contributed by atoms with Gasteiger partial charge in [-0.2, -0.15) is 0 Å². The predicted octanol–water partition coefficient (Wildman–Crippen LogP) is 1.43. The molecule has 1 aliphatic heterocycles. The van der Waals surface area contributed by atoms with Crippen LogP contribution in [0.25, 0.3) is 10.9 Å². The number of nitrogens with two attached hydrogens (primary N) is 1. The van der Waals surface area contributed by atoms with Gasteiger partial charge in [0.05, 0.1) is 23.4 Å². The maximum Gasteiger partial charge on any atom is 0.243 e. The Labute approximate surface area is 116 Å². The van der Waals surface area contributed by atoms with Crippen molar-refractivity contribution >= 4 is 34.9 Å². The largest absolute Gasteiger partial charge is 0.506 e. The van der Waals surface area contributed by atoms with E-state index in [1.807, 2.05) is 18.2 Å². The lowest BCUT2D eigenvalue weighted by atomic mass is 10.1. The number of hydrogen-bond donors (Lipinski definition) is 2. The topological polar surface area (TPSA) is 79.4 Å². The summed E-state index contributed by atoms with van der Waals surface area (Å²) in [5.74, 6) is 0.0109. The maximum atomic E-state index is 12.0. The van der Waals surface area contributed by atoms with Crippen molar-refractivity contribution in [2.45, 2.75) is 12.5 Å². The SMILES string of the molecule is Cl.N[C@H]1CCN(c2cccc3ncc(O)cc23)C1=O.